The van der Waals surface area contributed by atoms with Crippen LogP contribution in [0.15, 0.2) is 0 Å². The molecule has 1 aliphatic heterocycles. The van der Waals surface area contributed by atoms with Crippen molar-refractivity contribution in [3.05, 3.63) is 0 Å². The second kappa shape index (κ2) is 6.06. The molecule has 0 aliphatic carbocycles. The maximum atomic E-state index is 11.8. The van der Waals surface area contributed by atoms with Crippen molar-refractivity contribution in [2.24, 2.45) is 5.14 Å². The number of amides is 1. The maximum absolute atomic E-state index is 11.8. The molecule has 19 heavy (non-hydrogen) atoms. The predicted octanol–water partition coefficient (Wildman–Crippen LogP) is -0.155. The first-order chi connectivity index (χ1) is 8.59. The Morgan fingerprint density at radius 3 is 2.58 bits per heavy atom. The molecule has 0 spiro atoms. The SMILES string of the molecule is NS(=O)(=O)C1CCCN(C(=O)COCC(F)(F)F)C1. The molecule has 0 bridgehead atoms. The van der Waals surface area contributed by atoms with Crippen LogP contribution in [0.2, 0.25) is 0 Å². The van der Waals surface area contributed by atoms with Gasteiger partial charge in [-0.1, -0.05) is 0 Å². The lowest BCUT2D eigenvalue weighted by atomic mass is 10.1. The van der Waals surface area contributed by atoms with Gasteiger partial charge in [-0.3, -0.25) is 4.79 Å². The minimum absolute atomic E-state index is 0.104. The zero-order chi connectivity index (χ0) is 14.7. The number of primary sulfonamides is 1. The van der Waals surface area contributed by atoms with Crippen LogP contribution in [0, 0.1) is 0 Å². The molecule has 1 fully saturated rings. The quantitative estimate of drug-likeness (QED) is 0.782. The third kappa shape index (κ3) is 5.74. The van der Waals surface area contributed by atoms with Crippen molar-refractivity contribution < 1.29 is 31.1 Å². The molecule has 2 N–H and O–H groups in total. The highest BCUT2D eigenvalue weighted by Gasteiger charge is 2.31. The van der Waals surface area contributed by atoms with Gasteiger partial charge in [0.1, 0.15) is 13.2 Å². The van der Waals surface area contributed by atoms with Gasteiger partial charge in [0.15, 0.2) is 0 Å². The van der Waals surface area contributed by atoms with Crippen LogP contribution in [-0.2, 0) is 19.6 Å². The summed E-state index contributed by atoms with van der Waals surface area (Å²) in [6.45, 7) is -2.05. The Morgan fingerprint density at radius 2 is 2.05 bits per heavy atom. The van der Waals surface area contributed by atoms with Crippen LogP contribution in [0.3, 0.4) is 0 Å². The number of alkyl halides is 3. The molecular formula is C9H15F3N2O4S. The molecule has 1 atom stereocenters. The second-order valence-corrected chi connectivity index (χ2v) is 6.15. The molecule has 0 radical (unpaired) electrons. The zero-order valence-corrected chi connectivity index (χ0v) is 10.8. The Morgan fingerprint density at radius 1 is 1.42 bits per heavy atom. The van der Waals surface area contributed by atoms with E-state index in [1.807, 2.05) is 0 Å². The van der Waals surface area contributed by atoms with Crippen LogP contribution in [0.25, 0.3) is 0 Å². The summed E-state index contributed by atoms with van der Waals surface area (Å²) in [5.41, 5.74) is 0. The molecule has 112 valence electrons. The number of hydrogen-bond acceptors (Lipinski definition) is 4. The first-order valence-corrected chi connectivity index (χ1v) is 7.14. The van der Waals surface area contributed by atoms with Gasteiger partial charge in [-0.25, -0.2) is 13.6 Å². The van der Waals surface area contributed by atoms with Crippen LogP contribution in [0.1, 0.15) is 12.8 Å². The highest BCUT2D eigenvalue weighted by molar-refractivity contribution is 7.89. The Balaban J connectivity index is 2.45. The molecule has 6 nitrogen and oxygen atoms in total. The van der Waals surface area contributed by atoms with Crippen molar-refractivity contribution in [1.29, 1.82) is 0 Å². The fraction of sp³-hybridized carbons (Fsp3) is 0.889. The minimum atomic E-state index is -4.49. The molecule has 1 rings (SSSR count). The van der Waals surface area contributed by atoms with E-state index in [0.29, 0.717) is 19.4 Å². The van der Waals surface area contributed by atoms with Gasteiger partial charge in [-0.2, -0.15) is 13.2 Å². The number of piperidine rings is 1. The molecule has 0 aromatic rings. The first-order valence-electron chi connectivity index (χ1n) is 5.53. The Hall–Kier alpha value is -0.870. The molecule has 1 amide bonds. The van der Waals surface area contributed by atoms with Gasteiger partial charge in [0.2, 0.25) is 15.9 Å². The van der Waals surface area contributed by atoms with E-state index >= 15 is 0 Å². The average molecular weight is 304 g/mol. The van der Waals surface area contributed by atoms with Crippen molar-refractivity contribution in [1.82, 2.24) is 4.90 Å². The van der Waals surface area contributed by atoms with Crippen LogP contribution in [-0.4, -0.2) is 57.0 Å². The Kier molecular flexibility index (Phi) is 5.16. The predicted molar refractivity (Wildman–Crippen MR) is 59.6 cm³/mol. The number of nitrogens with zero attached hydrogens (tertiary/aromatic N) is 1. The average Bonchev–Trinajstić information content (AvgIpc) is 2.26. The molecule has 1 heterocycles. The summed E-state index contributed by atoms with van der Waals surface area (Å²) in [5, 5.41) is 4.12. The lowest BCUT2D eigenvalue weighted by Gasteiger charge is -2.31. The van der Waals surface area contributed by atoms with Crippen molar-refractivity contribution in [2.75, 3.05) is 26.3 Å². The van der Waals surface area contributed by atoms with E-state index in [0.717, 1.165) is 4.90 Å². The number of carbonyl (C=O) groups excluding carboxylic acids is 1. The molecule has 1 unspecified atom stereocenters. The van der Waals surface area contributed by atoms with Gasteiger partial charge in [0.25, 0.3) is 0 Å². The summed E-state index contributed by atoms with van der Waals surface area (Å²) >= 11 is 0. The number of rotatable bonds is 4. The van der Waals surface area contributed by atoms with Gasteiger partial charge >= 0.3 is 6.18 Å². The van der Waals surface area contributed by atoms with E-state index < -0.39 is 40.6 Å². The van der Waals surface area contributed by atoms with Crippen LogP contribution >= 0.6 is 0 Å². The summed E-state index contributed by atoms with van der Waals surface area (Å²) in [6.07, 6.45) is -3.72. The number of carbonyl (C=O) groups is 1. The number of likely N-dealkylation sites (tertiary alicyclic amines) is 1. The summed E-state index contributed by atoms with van der Waals surface area (Å²) in [6, 6.07) is 0. The van der Waals surface area contributed by atoms with Gasteiger partial charge in [0.05, 0.1) is 5.25 Å². The first kappa shape index (κ1) is 16.2. The van der Waals surface area contributed by atoms with E-state index in [4.69, 9.17) is 5.14 Å². The summed E-state index contributed by atoms with van der Waals surface area (Å²) < 4.78 is 62.0. The van der Waals surface area contributed by atoms with Crippen molar-refractivity contribution >= 4 is 15.9 Å². The number of halogens is 3. The highest BCUT2D eigenvalue weighted by Crippen LogP contribution is 2.17. The fourth-order valence-electron chi connectivity index (χ4n) is 1.78. The van der Waals surface area contributed by atoms with E-state index in [-0.39, 0.29) is 6.54 Å². The molecule has 0 aromatic heterocycles. The number of hydrogen-bond donors (Lipinski definition) is 1. The van der Waals surface area contributed by atoms with Gasteiger partial charge in [0, 0.05) is 13.1 Å². The van der Waals surface area contributed by atoms with Crippen LogP contribution < -0.4 is 5.14 Å². The third-order valence-corrected chi connectivity index (χ3v) is 4.00. The molecular weight excluding hydrogens is 289 g/mol. The normalized spacial score (nSPS) is 21.5. The summed E-state index contributed by atoms with van der Waals surface area (Å²) in [7, 11) is -3.75. The Bertz CT molecular complexity index is 424. The number of nitrogens with two attached hydrogens (primary N) is 1. The van der Waals surface area contributed by atoms with Crippen LogP contribution in [0.5, 0.6) is 0 Å². The maximum Gasteiger partial charge on any atom is 0.411 e. The molecule has 1 aliphatic rings. The largest absolute Gasteiger partial charge is 0.411 e. The second-order valence-electron chi connectivity index (χ2n) is 4.30. The topological polar surface area (TPSA) is 89.7 Å². The van der Waals surface area contributed by atoms with Crippen molar-refractivity contribution in [3.8, 4) is 0 Å². The Labute approximate surface area is 108 Å². The lowest BCUT2D eigenvalue weighted by molar-refractivity contribution is -0.178. The number of sulfonamides is 1. The fourth-order valence-corrected chi connectivity index (χ4v) is 2.66. The monoisotopic (exact) mass is 304 g/mol. The summed E-state index contributed by atoms with van der Waals surface area (Å²) in [5.74, 6) is -0.669. The number of ether oxygens (including phenoxy) is 1. The van der Waals surface area contributed by atoms with E-state index in [1.165, 1.54) is 0 Å². The molecule has 10 heteroatoms. The molecule has 0 saturated carbocycles. The van der Waals surface area contributed by atoms with Gasteiger partial charge in [-0.15, -0.1) is 0 Å². The van der Waals surface area contributed by atoms with E-state index in [1.54, 1.807) is 0 Å². The highest BCUT2D eigenvalue weighted by atomic mass is 32.2. The standard InChI is InChI=1S/C9H15F3N2O4S/c10-9(11,12)6-18-5-8(15)14-3-1-2-7(4-14)19(13,16)17/h7H,1-6H2,(H2,13,16,17). The van der Waals surface area contributed by atoms with E-state index in [2.05, 4.69) is 4.74 Å². The van der Waals surface area contributed by atoms with E-state index in [9.17, 15) is 26.4 Å². The molecule has 1 saturated heterocycles. The minimum Gasteiger partial charge on any atom is -0.362 e. The smallest absolute Gasteiger partial charge is 0.362 e. The third-order valence-electron chi connectivity index (χ3n) is 2.69. The van der Waals surface area contributed by atoms with Crippen molar-refractivity contribution in [2.45, 2.75) is 24.3 Å². The lowest BCUT2D eigenvalue weighted by Crippen LogP contribution is -2.48. The van der Waals surface area contributed by atoms with Crippen LogP contribution in [0.4, 0.5) is 13.2 Å². The zero-order valence-electron chi connectivity index (χ0n) is 10.0. The van der Waals surface area contributed by atoms with Crippen molar-refractivity contribution in [3.63, 3.8) is 0 Å². The molecule has 0 aromatic carbocycles. The van der Waals surface area contributed by atoms with Gasteiger partial charge < -0.3 is 9.64 Å². The van der Waals surface area contributed by atoms with Gasteiger partial charge in [-0.05, 0) is 12.8 Å². The summed E-state index contributed by atoms with van der Waals surface area (Å²) in [4.78, 5) is 12.7.